The van der Waals surface area contributed by atoms with Crippen LogP contribution in [0.3, 0.4) is 0 Å². The van der Waals surface area contributed by atoms with Crippen molar-refractivity contribution in [2.45, 2.75) is 17.7 Å². The van der Waals surface area contributed by atoms with Gasteiger partial charge in [-0.15, -0.1) is 0 Å². The average Bonchev–Trinajstić information content (AvgIpc) is 2.46. The second-order valence-electron chi connectivity index (χ2n) is 4.85. The molecule has 1 aliphatic rings. The van der Waals surface area contributed by atoms with E-state index in [4.69, 9.17) is 11.6 Å². The highest BCUT2D eigenvalue weighted by atomic mass is 35.5. The second-order valence-corrected chi connectivity index (χ2v) is 7.23. The van der Waals surface area contributed by atoms with E-state index in [0.717, 1.165) is 12.8 Å². The number of sulfonamides is 1. The molecule has 1 aromatic rings. The average molecular weight is 317 g/mol. The number of carbonyl (C=O) groups excluding carboxylic acids is 1. The van der Waals surface area contributed by atoms with E-state index in [1.807, 2.05) is 0 Å². The Morgan fingerprint density at radius 2 is 2.05 bits per heavy atom. The molecule has 0 bridgehead atoms. The normalized spacial score (nSPS) is 20.6. The fourth-order valence-electron chi connectivity index (χ4n) is 2.38. The number of piperidine rings is 1. The summed E-state index contributed by atoms with van der Waals surface area (Å²) in [6, 6.07) is 6.18. The molecule has 1 saturated heterocycles. The lowest BCUT2D eigenvalue weighted by molar-refractivity contribution is -0.109. The van der Waals surface area contributed by atoms with E-state index in [9.17, 15) is 13.2 Å². The highest BCUT2D eigenvalue weighted by Crippen LogP contribution is 2.24. The minimum atomic E-state index is -3.48. The molecule has 0 saturated carbocycles. The molecular formula is C13H17ClN2O3S. The first-order valence-corrected chi connectivity index (χ1v) is 8.28. The molecule has 7 heteroatoms. The first-order chi connectivity index (χ1) is 9.54. The van der Waals surface area contributed by atoms with E-state index in [0.29, 0.717) is 31.1 Å². The van der Waals surface area contributed by atoms with Gasteiger partial charge in [-0.2, -0.15) is 4.31 Å². The zero-order chi connectivity index (χ0) is 14.6. The Morgan fingerprint density at radius 1 is 1.35 bits per heavy atom. The van der Waals surface area contributed by atoms with Crippen LogP contribution in [0.25, 0.3) is 0 Å². The van der Waals surface area contributed by atoms with Gasteiger partial charge in [0.25, 0.3) is 0 Å². The molecule has 1 aliphatic heterocycles. The van der Waals surface area contributed by atoms with Gasteiger partial charge in [-0.05, 0) is 43.0 Å². The zero-order valence-electron chi connectivity index (χ0n) is 11.0. The fourth-order valence-corrected chi connectivity index (χ4v) is 4.06. The standard InChI is InChI=1S/C13H17ClN2O3S/c14-12-3-5-13(6-4-12)20(18,19)16-7-1-2-11(9-16)8-15-10-17/h3-6,10-11H,1-2,7-9H2,(H,15,17). The van der Waals surface area contributed by atoms with Crippen molar-refractivity contribution in [2.75, 3.05) is 19.6 Å². The molecule has 5 nitrogen and oxygen atoms in total. The molecule has 1 aromatic carbocycles. The van der Waals surface area contributed by atoms with Crippen LogP contribution in [-0.2, 0) is 14.8 Å². The number of hydrogen-bond acceptors (Lipinski definition) is 3. The Labute approximate surface area is 124 Å². The minimum Gasteiger partial charge on any atom is -0.358 e. The van der Waals surface area contributed by atoms with Crippen LogP contribution in [0.5, 0.6) is 0 Å². The van der Waals surface area contributed by atoms with E-state index in [2.05, 4.69) is 5.32 Å². The van der Waals surface area contributed by atoms with Gasteiger partial charge in [0, 0.05) is 24.7 Å². The van der Waals surface area contributed by atoms with Crippen molar-refractivity contribution in [3.05, 3.63) is 29.3 Å². The molecule has 0 spiro atoms. The molecule has 1 heterocycles. The number of halogens is 1. The van der Waals surface area contributed by atoms with Gasteiger partial charge in [-0.25, -0.2) is 8.42 Å². The number of rotatable bonds is 5. The van der Waals surface area contributed by atoms with Gasteiger partial charge in [0.15, 0.2) is 0 Å². The van der Waals surface area contributed by atoms with Crippen LogP contribution in [-0.4, -0.2) is 38.8 Å². The summed E-state index contributed by atoms with van der Waals surface area (Å²) in [6.07, 6.45) is 2.37. The van der Waals surface area contributed by atoms with Crippen LogP contribution < -0.4 is 5.32 Å². The van der Waals surface area contributed by atoms with Crippen LogP contribution in [0.4, 0.5) is 0 Å². The number of carbonyl (C=O) groups is 1. The van der Waals surface area contributed by atoms with Gasteiger partial charge in [0.1, 0.15) is 0 Å². The molecule has 1 fully saturated rings. The number of amides is 1. The van der Waals surface area contributed by atoms with E-state index in [-0.39, 0.29) is 10.8 Å². The van der Waals surface area contributed by atoms with E-state index in [1.54, 1.807) is 12.1 Å². The van der Waals surface area contributed by atoms with Crippen LogP contribution in [0.15, 0.2) is 29.2 Å². The maximum atomic E-state index is 12.5. The van der Waals surface area contributed by atoms with Crippen LogP contribution in [0, 0.1) is 5.92 Å². The molecule has 0 aromatic heterocycles. The van der Waals surface area contributed by atoms with E-state index < -0.39 is 10.0 Å². The first kappa shape index (κ1) is 15.3. The van der Waals surface area contributed by atoms with E-state index in [1.165, 1.54) is 16.4 Å². The fraction of sp³-hybridized carbons (Fsp3) is 0.462. The molecule has 0 aliphatic carbocycles. The van der Waals surface area contributed by atoms with Crippen molar-refractivity contribution in [3.63, 3.8) is 0 Å². The van der Waals surface area contributed by atoms with Gasteiger partial charge in [-0.1, -0.05) is 11.6 Å². The largest absolute Gasteiger partial charge is 0.358 e. The van der Waals surface area contributed by atoms with Crippen LogP contribution >= 0.6 is 11.6 Å². The molecule has 1 amide bonds. The SMILES string of the molecule is O=CNCC1CCCN(S(=O)(=O)c2ccc(Cl)cc2)C1. The first-order valence-electron chi connectivity index (χ1n) is 6.47. The number of nitrogens with one attached hydrogen (secondary N) is 1. The zero-order valence-corrected chi connectivity index (χ0v) is 12.5. The smallest absolute Gasteiger partial charge is 0.243 e. The quantitative estimate of drug-likeness (QED) is 0.837. The Kier molecular flexibility index (Phi) is 5.01. The third-order valence-corrected chi connectivity index (χ3v) is 5.55. The highest BCUT2D eigenvalue weighted by Gasteiger charge is 2.29. The van der Waals surface area contributed by atoms with Gasteiger partial charge >= 0.3 is 0 Å². The van der Waals surface area contributed by atoms with E-state index >= 15 is 0 Å². The summed E-state index contributed by atoms with van der Waals surface area (Å²) in [5.41, 5.74) is 0. The Hall–Kier alpha value is -1.11. The summed E-state index contributed by atoms with van der Waals surface area (Å²) < 4.78 is 26.5. The van der Waals surface area contributed by atoms with Crippen molar-refractivity contribution in [1.29, 1.82) is 0 Å². The van der Waals surface area contributed by atoms with Gasteiger partial charge in [-0.3, -0.25) is 4.79 Å². The topological polar surface area (TPSA) is 66.5 Å². The van der Waals surface area contributed by atoms with Crippen LogP contribution in [0.1, 0.15) is 12.8 Å². The van der Waals surface area contributed by atoms with Crippen molar-refractivity contribution in [1.82, 2.24) is 9.62 Å². The summed E-state index contributed by atoms with van der Waals surface area (Å²) in [6.45, 7) is 1.46. The predicted octanol–water partition coefficient (Wildman–Crippen LogP) is 1.49. The van der Waals surface area contributed by atoms with Crippen molar-refractivity contribution in [2.24, 2.45) is 5.92 Å². The number of hydrogen-bond donors (Lipinski definition) is 1. The van der Waals surface area contributed by atoms with Crippen molar-refractivity contribution >= 4 is 28.0 Å². The van der Waals surface area contributed by atoms with Gasteiger partial charge in [0.2, 0.25) is 16.4 Å². The number of nitrogens with zero attached hydrogens (tertiary/aromatic N) is 1. The lowest BCUT2D eigenvalue weighted by Crippen LogP contribution is -2.42. The predicted molar refractivity (Wildman–Crippen MR) is 77.0 cm³/mol. The Bertz CT molecular complexity index is 559. The monoisotopic (exact) mass is 316 g/mol. The summed E-state index contributed by atoms with van der Waals surface area (Å²) >= 11 is 5.78. The lowest BCUT2D eigenvalue weighted by Gasteiger charge is -2.31. The minimum absolute atomic E-state index is 0.163. The third kappa shape index (κ3) is 3.50. The van der Waals surface area contributed by atoms with Gasteiger partial charge < -0.3 is 5.32 Å². The second kappa shape index (κ2) is 6.56. The molecule has 2 rings (SSSR count). The molecule has 20 heavy (non-hydrogen) atoms. The molecule has 1 N–H and O–H groups in total. The molecule has 0 radical (unpaired) electrons. The van der Waals surface area contributed by atoms with Gasteiger partial charge in [0.05, 0.1) is 4.90 Å². The molecule has 1 unspecified atom stereocenters. The van der Waals surface area contributed by atoms with Crippen LogP contribution in [0.2, 0.25) is 5.02 Å². The summed E-state index contributed by atoms with van der Waals surface area (Å²) in [5, 5.41) is 3.13. The molecule has 110 valence electrons. The molecular weight excluding hydrogens is 300 g/mol. The maximum Gasteiger partial charge on any atom is 0.243 e. The molecule has 1 atom stereocenters. The summed E-state index contributed by atoms with van der Waals surface area (Å²) in [5.74, 6) is 0.163. The van der Waals surface area contributed by atoms with Crippen molar-refractivity contribution in [3.8, 4) is 0 Å². The Balaban J connectivity index is 2.12. The third-order valence-electron chi connectivity index (χ3n) is 3.42. The summed E-state index contributed by atoms with van der Waals surface area (Å²) in [7, 11) is -3.48. The number of benzene rings is 1. The lowest BCUT2D eigenvalue weighted by atomic mass is 10.00. The highest BCUT2D eigenvalue weighted by molar-refractivity contribution is 7.89. The summed E-state index contributed by atoms with van der Waals surface area (Å²) in [4.78, 5) is 10.6. The Morgan fingerprint density at radius 3 is 2.70 bits per heavy atom. The van der Waals surface area contributed by atoms with Crippen molar-refractivity contribution < 1.29 is 13.2 Å². The maximum absolute atomic E-state index is 12.5.